The molecule has 1 unspecified atom stereocenters. The second-order valence-electron chi connectivity index (χ2n) is 10.2. The van der Waals surface area contributed by atoms with Crippen LogP contribution in [0.4, 0.5) is 5.69 Å². The lowest BCUT2D eigenvalue weighted by molar-refractivity contribution is -0.126. The van der Waals surface area contributed by atoms with Crippen molar-refractivity contribution in [3.05, 3.63) is 94.8 Å². The van der Waals surface area contributed by atoms with E-state index in [9.17, 15) is 14.4 Å². The van der Waals surface area contributed by atoms with Gasteiger partial charge in [0.1, 0.15) is 0 Å². The predicted octanol–water partition coefficient (Wildman–Crippen LogP) is 4.29. The van der Waals surface area contributed by atoms with E-state index in [2.05, 4.69) is 33.4 Å². The van der Waals surface area contributed by atoms with Crippen molar-refractivity contribution in [1.82, 2.24) is 15.2 Å². The lowest BCUT2D eigenvalue weighted by atomic mass is 9.87. The van der Waals surface area contributed by atoms with Crippen LogP contribution in [-0.2, 0) is 17.8 Å². The molecule has 3 aromatic rings. The van der Waals surface area contributed by atoms with Gasteiger partial charge in [0.25, 0.3) is 11.8 Å². The number of hydrogen-bond donors (Lipinski definition) is 1. The summed E-state index contributed by atoms with van der Waals surface area (Å²) in [6.45, 7) is 1.56. The Hall–Kier alpha value is -4.00. The molecule has 7 nitrogen and oxygen atoms in total. The second-order valence-corrected chi connectivity index (χ2v) is 10.2. The molecule has 1 N–H and O–H groups in total. The average Bonchev–Trinajstić information content (AvgIpc) is 3.19. The third-order valence-corrected chi connectivity index (χ3v) is 7.96. The Balaban J connectivity index is 1.13. The summed E-state index contributed by atoms with van der Waals surface area (Å²) in [6.07, 6.45) is 7.88. The van der Waals surface area contributed by atoms with Gasteiger partial charge in [-0.2, -0.15) is 0 Å². The lowest BCUT2D eigenvalue weighted by Gasteiger charge is -2.35. The number of carbonyl (C=O) groups excluding carboxylic acids is 3. The minimum atomic E-state index is -0.263. The van der Waals surface area contributed by atoms with Crippen molar-refractivity contribution in [1.29, 1.82) is 0 Å². The second kappa shape index (κ2) is 9.81. The quantitative estimate of drug-likeness (QED) is 0.535. The van der Waals surface area contributed by atoms with Crippen molar-refractivity contribution >= 4 is 23.4 Å². The third-order valence-electron chi connectivity index (χ3n) is 7.96. The highest BCUT2D eigenvalue weighted by Crippen LogP contribution is 2.35. The van der Waals surface area contributed by atoms with E-state index in [0.717, 1.165) is 30.5 Å². The molecule has 0 saturated carbocycles. The maximum Gasteiger partial charge on any atom is 0.263 e. The fraction of sp³-hybridized carbons (Fsp3) is 0.333. The average molecular weight is 495 g/mol. The number of piperidine rings is 1. The normalized spacial score (nSPS) is 19.5. The number of nitrogens with zero attached hydrogens (tertiary/aromatic N) is 3. The van der Waals surface area contributed by atoms with Crippen molar-refractivity contribution in [3.63, 3.8) is 0 Å². The highest BCUT2D eigenvalue weighted by molar-refractivity contribution is 6.23. The zero-order valence-corrected chi connectivity index (χ0v) is 20.7. The number of benzene rings is 2. The third kappa shape index (κ3) is 4.39. The first kappa shape index (κ1) is 23.4. The summed E-state index contributed by atoms with van der Waals surface area (Å²) in [5, 5.41) is 3.32. The highest BCUT2D eigenvalue weighted by atomic mass is 16.2. The van der Waals surface area contributed by atoms with Gasteiger partial charge in [-0.15, -0.1) is 0 Å². The van der Waals surface area contributed by atoms with Gasteiger partial charge in [-0.05, 0) is 73.1 Å². The van der Waals surface area contributed by atoms with E-state index in [0.29, 0.717) is 37.1 Å². The molecule has 0 spiro atoms. The number of carbonyl (C=O) groups is 3. The van der Waals surface area contributed by atoms with Crippen LogP contribution < -0.4 is 10.2 Å². The van der Waals surface area contributed by atoms with Gasteiger partial charge in [-0.3, -0.25) is 24.3 Å². The van der Waals surface area contributed by atoms with E-state index in [-0.39, 0.29) is 36.2 Å². The smallest absolute Gasteiger partial charge is 0.263 e. The van der Waals surface area contributed by atoms with Gasteiger partial charge >= 0.3 is 0 Å². The Bertz CT molecular complexity index is 1350. The Morgan fingerprint density at radius 3 is 2.51 bits per heavy atom. The molecule has 0 bridgehead atoms. The van der Waals surface area contributed by atoms with E-state index in [1.165, 1.54) is 16.0 Å². The maximum atomic E-state index is 13.4. The van der Waals surface area contributed by atoms with Gasteiger partial charge in [-0.25, -0.2) is 0 Å². The molecule has 2 aliphatic heterocycles. The molecule has 1 atom stereocenters. The summed E-state index contributed by atoms with van der Waals surface area (Å²) in [5.41, 5.74) is 5.16. The summed E-state index contributed by atoms with van der Waals surface area (Å²) in [6, 6.07) is 17.6. The highest BCUT2D eigenvalue weighted by Gasteiger charge is 2.39. The van der Waals surface area contributed by atoms with Crippen LogP contribution in [0.15, 0.2) is 67.0 Å². The van der Waals surface area contributed by atoms with Gasteiger partial charge in [-0.1, -0.05) is 30.3 Å². The van der Waals surface area contributed by atoms with Crippen LogP contribution in [0, 0.1) is 5.92 Å². The molecule has 1 fully saturated rings. The van der Waals surface area contributed by atoms with Crippen molar-refractivity contribution in [2.45, 2.75) is 44.7 Å². The number of pyridine rings is 1. The van der Waals surface area contributed by atoms with Crippen LogP contribution in [0.25, 0.3) is 0 Å². The van der Waals surface area contributed by atoms with Gasteiger partial charge < -0.3 is 10.2 Å². The van der Waals surface area contributed by atoms with Gasteiger partial charge in [0, 0.05) is 31.4 Å². The fourth-order valence-electron chi connectivity index (χ4n) is 5.97. The van der Waals surface area contributed by atoms with Crippen LogP contribution >= 0.6 is 0 Å². The van der Waals surface area contributed by atoms with Crippen molar-refractivity contribution < 1.29 is 14.4 Å². The molecule has 7 heteroatoms. The molecule has 3 amide bonds. The Labute approximate surface area is 216 Å². The maximum absolute atomic E-state index is 13.4. The summed E-state index contributed by atoms with van der Waals surface area (Å²) in [5.74, 6) is -0.457. The Morgan fingerprint density at radius 1 is 0.919 bits per heavy atom. The van der Waals surface area contributed by atoms with Crippen molar-refractivity contribution in [2.75, 3.05) is 18.0 Å². The molecule has 37 heavy (non-hydrogen) atoms. The SMILES string of the molecule is O=C(NC1CCCc2ccccc21)C1CCN(c2cccc3c2C(=O)N(Cc2ccncc2)C3=O)CC1. The Kier molecular flexibility index (Phi) is 6.20. The molecule has 2 aromatic carbocycles. The van der Waals surface area contributed by atoms with Crippen molar-refractivity contribution in [2.24, 2.45) is 5.92 Å². The number of rotatable bonds is 5. The Morgan fingerprint density at radius 2 is 1.70 bits per heavy atom. The molecule has 6 rings (SSSR count). The first-order valence-corrected chi connectivity index (χ1v) is 13.1. The lowest BCUT2D eigenvalue weighted by Crippen LogP contribution is -2.42. The predicted molar refractivity (Wildman–Crippen MR) is 140 cm³/mol. The first-order chi connectivity index (χ1) is 18.1. The monoisotopic (exact) mass is 494 g/mol. The largest absolute Gasteiger partial charge is 0.371 e. The summed E-state index contributed by atoms with van der Waals surface area (Å²) in [4.78, 5) is 47.1. The number of hydrogen-bond acceptors (Lipinski definition) is 5. The minimum absolute atomic E-state index is 0.0531. The van der Waals surface area contributed by atoms with Crippen LogP contribution in [0.3, 0.4) is 0 Å². The number of aryl methyl sites for hydroxylation is 1. The van der Waals surface area contributed by atoms with Gasteiger partial charge in [0.2, 0.25) is 5.91 Å². The number of fused-ring (bicyclic) bond motifs is 2. The summed E-state index contributed by atoms with van der Waals surface area (Å²) in [7, 11) is 0. The summed E-state index contributed by atoms with van der Waals surface area (Å²) < 4.78 is 0. The number of anilines is 1. The topological polar surface area (TPSA) is 82.6 Å². The number of aromatic nitrogens is 1. The summed E-state index contributed by atoms with van der Waals surface area (Å²) >= 11 is 0. The van der Waals surface area contributed by atoms with E-state index in [4.69, 9.17) is 0 Å². The molecular weight excluding hydrogens is 464 g/mol. The number of amides is 3. The van der Waals surface area contributed by atoms with Crippen LogP contribution in [-0.4, -0.2) is 40.7 Å². The first-order valence-electron chi connectivity index (χ1n) is 13.1. The van der Waals surface area contributed by atoms with E-state index >= 15 is 0 Å². The van der Waals surface area contributed by atoms with Crippen LogP contribution in [0.5, 0.6) is 0 Å². The zero-order chi connectivity index (χ0) is 25.4. The molecule has 0 radical (unpaired) electrons. The van der Waals surface area contributed by atoms with Crippen LogP contribution in [0.2, 0.25) is 0 Å². The van der Waals surface area contributed by atoms with E-state index in [1.807, 2.05) is 30.3 Å². The minimum Gasteiger partial charge on any atom is -0.371 e. The molecule has 1 aliphatic carbocycles. The molecule has 3 aliphatic rings. The standard InChI is InChI=1S/C30H30N4O3/c35-28(32-25-9-3-6-21-5-1-2-7-23(21)25)22-13-17-33(18-14-22)26-10-4-8-24-27(26)30(37)34(29(24)36)19-20-11-15-31-16-12-20/h1-2,4-5,7-8,10-12,15-16,22,25H,3,6,9,13-14,17-19H2,(H,32,35). The van der Waals surface area contributed by atoms with Crippen LogP contribution in [0.1, 0.15) is 69.1 Å². The van der Waals surface area contributed by atoms with Gasteiger partial charge in [0.15, 0.2) is 0 Å². The van der Waals surface area contributed by atoms with Gasteiger partial charge in [0.05, 0.1) is 29.4 Å². The van der Waals surface area contributed by atoms with Crippen molar-refractivity contribution in [3.8, 4) is 0 Å². The molecule has 1 saturated heterocycles. The van der Waals surface area contributed by atoms with E-state index < -0.39 is 0 Å². The molecule has 1 aromatic heterocycles. The molecule has 3 heterocycles. The molecule has 188 valence electrons. The number of imide groups is 1. The zero-order valence-electron chi connectivity index (χ0n) is 20.7. The molecular formula is C30H30N4O3. The van der Waals surface area contributed by atoms with E-state index in [1.54, 1.807) is 18.5 Å². The number of nitrogens with one attached hydrogen (secondary N) is 1. The fourth-order valence-corrected chi connectivity index (χ4v) is 5.97.